The Labute approximate surface area is 362 Å². The smallest absolute Gasteiger partial charge is 1.00 e. The standard InChI is InChI=1S/C18H24N2O3.C11H19NO3.C7H4IN.C3H7.2CH4.ClH.Mg/c1-17(2,3)23-16(21)20-12-5-10-18(22,11-13-20)14-6-8-15(19-4)9-7-14;1-11(2,3)15-10(14)12-7-4-5-9(13)6-8-12;1-9-7-4-2-6(8)3-5-7;1-3-2;;;;/h6-9,22H,5,10-13H2,1-3H3;4-8H2,1-3H3;2-5H;3H,1-2H3;2*1H4;1H;/q;;;-1;;;;+2/p-1. The number of hydrogen-bond acceptors (Lipinski definition) is 6. The van der Waals surface area contributed by atoms with Gasteiger partial charge in [-0.25, -0.2) is 19.3 Å². The summed E-state index contributed by atoms with van der Waals surface area (Å²) in [5.41, 5.74) is 0.118. The Morgan fingerprint density at radius 3 is 1.59 bits per heavy atom. The molecule has 0 spiro atoms. The predicted octanol–water partition coefficient (Wildman–Crippen LogP) is 7.79. The Balaban J connectivity index is -0.000000350. The van der Waals surface area contributed by atoms with Crippen LogP contribution < -0.4 is 12.4 Å². The van der Waals surface area contributed by atoms with Crippen molar-refractivity contribution in [2.24, 2.45) is 0 Å². The van der Waals surface area contributed by atoms with E-state index in [1.165, 1.54) is 3.57 Å². The summed E-state index contributed by atoms with van der Waals surface area (Å²) < 4.78 is 11.8. The van der Waals surface area contributed by atoms with Gasteiger partial charge in [-0.1, -0.05) is 63.4 Å². The van der Waals surface area contributed by atoms with Crippen LogP contribution in [0.25, 0.3) is 9.69 Å². The topological polar surface area (TPSA) is 105 Å². The van der Waals surface area contributed by atoms with Crippen LogP contribution in [0.4, 0.5) is 21.0 Å². The Hall–Kier alpha value is -2.62. The zero-order chi connectivity index (χ0) is 38.0. The molecule has 0 aliphatic carbocycles. The van der Waals surface area contributed by atoms with Gasteiger partial charge in [-0.05, 0) is 95.4 Å². The zero-order valence-electron chi connectivity index (χ0n) is 32.0. The summed E-state index contributed by atoms with van der Waals surface area (Å²) in [6.45, 7) is 30.8. The molecule has 298 valence electrons. The largest absolute Gasteiger partial charge is 2.00 e. The molecule has 2 aliphatic rings. The van der Waals surface area contributed by atoms with Crippen molar-refractivity contribution < 1.29 is 41.4 Å². The van der Waals surface area contributed by atoms with E-state index < -0.39 is 16.8 Å². The first-order chi connectivity index (χ1) is 23.4. The average Bonchev–Trinajstić information content (AvgIpc) is 3.39. The van der Waals surface area contributed by atoms with Gasteiger partial charge in [-0.15, -0.1) is 0 Å². The molecule has 0 bridgehead atoms. The number of hydrogen-bond donors (Lipinski definition) is 1. The van der Waals surface area contributed by atoms with Gasteiger partial charge in [-0.2, -0.15) is 13.8 Å². The second-order valence-electron chi connectivity index (χ2n) is 14.0. The van der Waals surface area contributed by atoms with Crippen LogP contribution in [0.3, 0.4) is 0 Å². The van der Waals surface area contributed by atoms with E-state index in [9.17, 15) is 19.5 Å². The van der Waals surface area contributed by atoms with Crippen LogP contribution in [0.5, 0.6) is 0 Å². The maximum atomic E-state index is 12.2. The molecule has 10 nitrogen and oxygen atoms in total. The number of ketones is 1. The van der Waals surface area contributed by atoms with Gasteiger partial charge in [0, 0.05) is 42.6 Å². The molecular weight excluding hydrogens is 831 g/mol. The minimum atomic E-state index is -0.961. The molecule has 0 aromatic heterocycles. The van der Waals surface area contributed by atoms with E-state index in [4.69, 9.17) is 22.6 Å². The van der Waals surface area contributed by atoms with Crippen molar-refractivity contribution >= 4 is 75.0 Å². The van der Waals surface area contributed by atoms with Crippen LogP contribution in [0.1, 0.15) is 114 Å². The number of ether oxygens (including phenoxy) is 2. The van der Waals surface area contributed by atoms with E-state index >= 15 is 0 Å². The summed E-state index contributed by atoms with van der Waals surface area (Å²) in [6.07, 6.45) is 4.91. The van der Waals surface area contributed by atoms with Crippen molar-refractivity contribution in [2.45, 2.75) is 126 Å². The maximum absolute atomic E-state index is 12.2. The quantitative estimate of drug-likeness (QED) is 0.178. The number of carbonyl (C=O) groups is 3. The predicted molar refractivity (Wildman–Crippen MR) is 225 cm³/mol. The van der Waals surface area contributed by atoms with Crippen LogP contribution in [0.2, 0.25) is 0 Å². The number of halogens is 2. The molecule has 2 amide bonds. The Morgan fingerprint density at radius 1 is 0.759 bits per heavy atom. The molecule has 0 radical (unpaired) electrons. The van der Waals surface area contributed by atoms with Gasteiger partial charge < -0.3 is 43.2 Å². The second-order valence-corrected chi connectivity index (χ2v) is 15.3. The molecule has 2 aliphatic heterocycles. The van der Waals surface area contributed by atoms with E-state index in [1.807, 2.05) is 86.1 Å². The van der Waals surface area contributed by atoms with Gasteiger partial charge >= 0.3 is 35.2 Å². The molecule has 1 N–H and O–H groups in total. The van der Waals surface area contributed by atoms with Crippen molar-refractivity contribution in [3.8, 4) is 0 Å². The van der Waals surface area contributed by atoms with E-state index in [1.54, 1.807) is 34.1 Å². The first-order valence-corrected chi connectivity index (χ1v) is 18.0. The molecule has 13 heteroatoms. The molecule has 2 fully saturated rings. The fourth-order valence-corrected chi connectivity index (χ4v) is 5.11. The summed E-state index contributed by atoms with van der Waals surface area (Å²) in [7, 11) is 0. The van der Waals surface area contributed by atoms with Crippen LogP contribution in [-0.2, 0) is 19.9 Å². The number of Topliss-reactive ketones (excluding diaryl/α,β-unsaturated/α-hetero) is 1. The molecule has 1 atom stereocenters. The summed E-state index contributed by atoms with van der Waals surface area (Å²) in [5.74, 6) is 0.237. The third-order valence-corrected chi connectivity index (χ3v) is 7.87. The van der Waals surface area contributed by atoms with Gasteiger partial charge in [0.05, 0.1) is 18.7 Å². The third kappa shape index (κ3) is 24.0. The van der Waals surface area contributed by atoms with E-state index in [0.29, 0.717) is 69.7 Å². The summed E-state index contributed by atoms with van der Waals surface area (Å²) in [5, 5.41) is 11.0. The van der Waals surface area contributed by atoms with Crippen molar-refractivity contribution in [3.63, 3.8) is 0 Å². The normalized spacial score (nSPS) is 16.3. The van der Waals surface area contributed by atoms with Gasteiger partial charge in [-0.3, -0.25) is 4.79 Å². The van der Waals surface area contributed by atoms with Gasteiger partial charge in [0.15, 0.2) is 11.4 Å². The molecule has 2 heterocycles. The number of nitrogens with zero attached hydrogens (tertiary/aromatic N) is 4. The Bertz CT molecular complexity index is 1450. The zero-order valence-corrected chi connectivity index (χ0v) is 36.3. The van der Waals surface area contributed by atoms with Crippen molar-refractivity contribution in [1.82, 2.24) is 9.80 Å². The molecular formula is C41H62ClIMgN4O6. The molecule has 2 saturated heterocycles. The monoisotopic (exact) mass is 892 g/mol. The van der Waals surface area contributed by atoms with Gasteiger partial charge in [0.1, 0.15) is 17.0 Å². The van der Waals surface area contributed by atoms with Crippen molar-refractivity contribution in [3.05, 3.63) is 86.9 Å². The van der Waals surface area contributed by atoms with Crippen molar-refractivity contribution in [2.75, 3.05) is 26.2 Å². The number of carbonyl (C=O) groups excluding carboxylic acids is 3. The van der Waals surface area contributed by atoms with E-state index in [2.05, 4.69) is 32.3 Å². The van der Waals surface area contributed by atoms with Crippen LogP contribution in [-0.4, -0.2) is 93.3 Å². The minimum Gasteiger partial charge on any atom is -1.00 e. The van der Waals surface area contributed by atoms with Gasteiger partial charge in [0.25, 0.3) is 0 Å². The van der Waals surface area contributed by atoms with Crippen LogP contribution >= 0.6 is 22.6 Å². The third-order valence-electron chi connectivity index (χ3n) is 7.15. The average molecular weight is 894 g/mol. The summed E-state index contributed by atoms with van der Waals surface area (Å²) in [6, 6.07) is 14.5. The molecule has 1 unspecified atom stereocenters. The second kappa shape index (κ2) is 28.7. The summed E-state index contributed by atoms with van der Waals surface area (Å²) >= 11 is 2.21. The number of likely N-dealkylation sites (tertiary alicyclic amines) is 2. The molecule has 2 aromatic carbocycles. The first-order valence-electron chi connectivity index (χ1n) is 16.9. The van der Waals surface area contributed by atoms with Crippen LogP contribution in [0, 0.1) is 23.1 Å². The fraction of sp³-hybridized carbons (Fsp3) is 0.561. The molecule has 4 rings (SSSR count). The van der Waals surface area contributed by atoms with E-state index in [-0.39, 0.29) is 68.3 Å². The fourth-order valence-electron chi connectivity index (χ4n) is 4.75. The number of amides is 2. The SMILES string of the molecule is C.C.CC(C)(C)OC(=O)N1CCCC(=O)CC1.C[CH-]C.[C-]#[N+]c1ccc(C2(O)CCCN(C(=O)OC(C)(C)C)CC2)cc1.[C-]#[N+]c1ccc(I)cc1.[Cl-].[Mg+2]. The maximum Gasteiger partial charge on any atom is 2.00 e. The van der Waals surface area contributed by atoms with Crippen LogP contribution in [0.15, 0.2) is 48.5 Å². The molecule has 54 heavy (non-hydrogen) atoms. The Kier molecular flexibility index (Phi) is 30.9. The summed E-state index contributed by atoms with van der Waals surface area (Å²) in [4.78, 5) is 44.9. The molecule has 0 saturated carbocycles. The van der Waals surface area contributed by atoms with E-state index in [0.717, 1.165) is 12.0 Å². The van der Waals surface area contributed by atoms with Gasteiger partial charge in [0.2, 0.25) is 0 Å². The number of aliphatic hydroxyl groups is 1. The number of rotatable bonds is 1. The minimum absolute atomic E-state index is 0. The Morgan fingerprint density at radius 2 is 1.17 bits per heavy atom. The molecule has 2 aromatic rings. The van der Waals surface area contributed by atoms with Crippen molar-refractivity contribution in [1.29, 1.82) is 0 Å². The first kappa shape index (κ1) is 58.1. The number of benzene rings is 2.